The van der Waals surface area contributed by atoms with Gasteiger partial charge in [0.05, 0.1) is 37.4 Å². The van der Waals surface area contributed by atoms with Crippen LogP contribution < -0.4 is 10.6 Å². The maximum Gasteiger partial charge on any atom is 0.226 e. The number of fused-ring (bicyclic) bond motifs is 1. The van der Waals surface area contributed by atoms with Crippen molar-refractivity contribution in [2.24, 2.45) is 4.99 Å². The molecule has 1 aromatic carbocycles. The second-order valence-electron chi connectivity index (χ2n) is 6.38. The van der Waals surface area contributed by atoms with Crippen molar-refractivity contribution in [1.29, 1.82) is 0 Å². The van der Waals surface area contributed by atoms with Crippen LogP contribution in [0.15, 0.2) is 41.4 Å². The van der Waals surface area contributed by atoms with E-state index in [1.54, 1.807) is 0 Å². The Bertz CT molecular complexity index is 894. The van der Waals surface area contributed by atoms with E-state index in [-0.39, 0.29) is 24.3 Å². The Balaban J connectivity index is 1.77. The number of carbonyl (C=O) groups excluding carboxylic acids is 2. The molecule has 2 aromatic rings. The largest absolute Gasteiger partial charge is 0.481 e. The quantitative estimate of drug-likeness (QED) is 0.850. The van der Waals surface area contributed by atoms with Crippen LogP contribution in [0, 0.1) is 0 Å². The van der Waals surface area contributed by atoms with E-state index in [1.165, 1.54) is 14.0 Å². The Morgan fingerprint density at radius 3 is 2.67 bits per heavy atom. The van der Waals surface area contributed by atoms with Gasteiger partial charge in [0.2, 0.25) is 17.7 Å². The summed E-state index contributed by atoms with van der Waals surface area (Å²) in [6, 6.07) is 11.5. The van der Waals surface area contributed by atoms with E-state index in [1.807, 2.05) is 43.3 Å². The van der Waals surface area contributed by atoms with Crippen LogP contribution in [0.3, 0.4) is 0 Å². The third-order valence-electron chi connectivity index (χ3n) is 4.27. The molecule has 140 valence electrons. The molecule has 0 saturated heterocycles. The molecular formula is C20H22N4O3. The summed E-state index contributed by atoms with van der Waals surface area (Å²) in [5.74, 6) is 0.428. The van der Waals surface area contributed by atoms with Crippen molar-refractivity contribution in [3.05, 3.63) is 58.8 Å². The van der Waals surface area contributed by atoms with Crippen LogP contribution in [0.5, 0.6) is 0 Å². The molecule has 1 aliphatic heterocycles. The number of aromatic nitrogens is 1. The fourth-order valence-electron chi connectivity index (χ4n) is 3.05. The molecule has 7 heteroatoms. The second-order valence-corrected chi connectivity index (χ2v) is 6.38. The summed E-state index contributed by atoms with van der Waals surface area (Å²) in [6.07, 6.45) is 0.110. The Kier molecular flexibility index (Phi) is 5.49. The molecule has 0 saturated carbocycles. The molecule has 2 N–H and O–H groups in total. The SMILES string of the molecule is COC1=NCc2cc(CC(=O)N[C@H](C)c3ccccc3)nc(NC(C)=O)c21. The van der Waals surface area contributed by atoms with Crippen molar-refractivity contribution < 1.29 is 14.3 Å². The minimum atomic E-state index is -0.244. The van der Waals surface area contributed by atoms with Crippen LogP contribution in [0.4, 0.5) is 5.82 Å². The normalized spacial score (nSPS) is 13.4. The van der Waals surface area contributed by atoms with Gasteiger partial charge in [0, 0.05) is 6.92 Å². The van der Waals surface area contributed by atoms with Gasteiger partial charge in [-0.15, -0.1) is 0 Å². The van der Waals surface area contributed by atoms with E-state index in [0.29, 0.717) is 29.5 Å². The molecule has 0 spiro atoms. The molecule has 7 nitrogen and oxygen atoms in total. The third-order valence-corrected chi connectivity index (χ3v) is 4.27. The van der Waals surface area contributed by atoms with E-state index in [0.717, 1.165) is 11.1 Å². The lowest BCUT2D eigenvalue weighted by atomic mass is 10.1. The Hall–Kier alpha value is -3.22. The molecule has 1 aliphatic rings. The van der Waals surface area contributed by atoms with Crippen molar-refractivity contribution >= 4 is 23.5 Å². The average Bonchev–Trinajstić information content (AvgIpc) is 3.05. The Morgan fingerprint density at radius 2 is 2.00 bits per heavy atom. The van der Waals surface area contributed by atoms with Crippen LogP contribution >= 0.6 is 0 Å². The van der Waals surface area contributed by atoms with Crippen LogP contribution in [-0.2, 0) is 27.3 Å². The smallest absolute Gasteiger partial charge is 0.226 e. The van der Waals surface area contributed by atoms with Gasteiger partial charge in [0.15, 0.2) is 0 Å². The highest BCUT2D eigenvalue weighted by molar-refractivity contribution is 6.05. The molecule has 3 rings (SSSR count). The van der Waals surface area contributed by atoms with Gasteiger partial charge in [-0.05, 0) is 24.1 Å². The number of hydrogen-bond acceptors (Lipinski definition) is 5. The first-order chi connectivity index (χ1) is 13.0. The minimum absolute atomic E-state index is 0.105. The summed E-state index contributed by atoms with van der Waals surface area (Å²) in [6.45, 7) is 3.78. The number of carbonyl (C=O) groups is 2. The number of hydrogen-bond donors (Lipinski definition) is 2. The lowest BCUT2D eigenvalue weighted by molar-refractivity contribution is -0.121. The number of ether oxygens (including phenoxy) is 1. The molecule has 2 heterocycles. The van der Waals surface area contributed by atoms with Crippen molar-refractivity contribution in [1.82, 2.24) is 10.3 Å². The number of rotatable bonds is 5. The van der Waals surface area contributed by atoms with Crippen LogP contribution in [0.1, 0.15) is 42.3 Å². The lowest BCUT2D eigenvalue weighted by Crippen LogP contribution is -2.28. The third kappa shape index (κ3) is 4.31. The summed E-state index contributed by atoms with van der Waals surface area (Å²) in [4.78, 5) is 32.7. The molecule has 0 bridgehead atoms. The summed E-state index contributed by atoms with van der Waals surface area (Å²) in [5.41, 5.74) is 3.16. The minimum Gasteiger partial charge on any atom is -0.481 e. The van der Waals surface area contributed by atoms with Gasteiger partial charge in [0.25, 0.3) is 0 Å². The second kappa shape index (κ2) is 7.99. The topological polar surface area (TPSA) is 92.7 Å². The van der Waals surface area contributed by atoms with E-state index < -0.39 is 0 Å². The van der Waals surface area contributed by atoms with E-state index in [9.17, 15) is 9.59 Å². The van der Waals surface area contributed by atoms with E-state index >= 15 is 0 Å². The summed E-state index contributed by atoms with van der Waals surface area (Å²) < 4.78 is 5.26. The predicted octanol–water partition coefficient (Wildman–Crippen LogP) is 2.37. The first-order valence-corrected chi connectivity index (χ1v) is 8.71. The van der Waals surface area contributed by atoms with Gasteiger partial charge in [-0.3, -0.25) is 9.59 Å². The van der Waals surface area contributed by atoms with Gasteiger partial charge in [0.1, 0.15) is 5.82 Å². The number of aliphatic imine (C=N–C) groups is 1. The number of benzene rings is 1. The number of amides is 2. The van der Waals surface area contributed by atoms with E-state index in [4.69, 9.17) is 4.74 Å². The highest BCUT2D eigenvalue weighted by Crippen LogP contribution is 2.27. The van der Waals surface area contributed by atoms with Crippen molar-refractivity contribution in [2.45, 2.75) is 32.9 Å². The first kappa shape index (κ1) is 18.6. The zero-order valence-corrected chi connectivity index (χ0v) is 15.6. The highest BCUT2D eigenvalue weighted by atomic mass is 16.5. The Morgan fingerprint density at radius 1 is 1.26 bits per heavy atom. The zero-order valence-electron chi connectivity index (χ0n) is 15.6. The van der Waals surface area contributed by atoms with Gasteiger partial charge >= 0.3 is 0 Å². The van der Waals surface area contributed by atoms with Gasteiger partial charge < -0.3 is 15.4 Å². The average molecular weight is 366 g/mol. The standard InChI is InChI=1S/C20H22N4O3/c1-12(14-7-5-4-6-8-14)22-17(26)10-16-9-15-11-21-20(27-3)18(15)19(24-16)23-13(2)25/h4-9,12H,10-11H2,1-3H3,(H,22,26)(H,23,24,25)/t12-/m1/s1. The van der Waals surface area contributed by atoms with Crippen molar-refractivity contribution in [3.63, 3.8) is 0 Å². The number of methoxy groups -OCH3 is 1. The van der Waals surface area contributed by atoms with Gasteiger partial charge in [-0.25, -0.2) is 9.98 Å². The molecule has 0 radical (unpaired) electrons. The van der Waals surface area contributed by atoms with Gasteiger partial charge in [-0.2, -0.15) is 0 Å². The summed E-state index contributed by atoms with van der Waals surface area (Å²) in [7, 11) is 1.53. The zero-order chi connectivity index (χ0) is 19.4. The molecule has 1 atom stereocenters. The number of pyridine rings is 1. The highest BCUT2D eigenvalue weighted by Gasteiger charge is 2.24. The maximum atomic E-state index is 12.5. The molecule has 0 aliphatic carbocycles. The molecule has 27 heavy (non-hydrogen) atoms. The maximum absolute atomic E-state index is 12.5. The monoisotopic (exact) mass is 366 g/mol. The van der Waals surface area contributed by atoms with E-state index in [2.05, 4.69) is 20.6 Å². The fraction of sp³-hybridized carbons (Fsp3) is 0.300. The molecular weight excluding hydrogens is 344 g/mol. The first-order valence-electron chi connectivity index (χ1n) is 8.71. The summed E-state index contributed by atoms with van der Waals surface area (Å²) >= 11 is 0. The number of nitrogens with one attached hydrogen (secondary N) is 2. The number of anilines is 1. The van der Waals surface area contributed by atoms with Gasteiger partial charge in [-0.1, -0.05) is 30.3 Å². The fourth-order valence-corrected chi connectivity index (χ4v) is 3.05. The van der Waals surface area contributed by atoms with Crippen LogP contribution in [-0.4, -0.2) is 29.8 Å². The summed E-state index contributed by atoms with van der Waals surface area (Å²) in [5, 5.41) is 5.68. The molecule has 1 aromatic heterocycles. The van der Waals surface area contributed by atoms with Crippen molar-refractivity contribution in [3.8, 4) is 0 Å². The Labute approximate surface area is 157 Å². The molecule has 0 unspecified atom stereocenters. The van der Waals surface area contributed by atoms with Crippen LogP contribution in [0.2, 0.25) is 0 Å². The number of nitrogens with zero attached hydrogens (tertiary/aromatic N) is 2. The van der Waals surface area contributed by atoms with Crippen LogP contribution in [0.25, 0.3) is 0 Å². The molecule has 2 amide bonds. The molecule has 0 fully saturated rings. The van der Waals surface area contributed by atoms with Crippen molar-refractivity contribution in [2.75, 3.05) is 12.4 Å². The lowest BCUT2D eigenvalue weighted by Gasteiger charge is -2.15. The predicted molar refractivity (Wildman–Crippen MR) is 102 cm³/mol.